The van der Waals surface area contributed by atoms with Gasteiger partial charge >= 0.3 is 6.18 Å². The fourth-order valence-electron chi connectivity index (χ4n) is 2.94. The van der Waals surface area contributed by atoms with Gasteiger partial charge in [-0.25, -0.2) is 9.50 Å². The Balaban J connectivity index is 1.75. The molecule has 3 aromatic heterocycles. The maximum absolute atomic E-state index is 13.4. The number of carbonyl (C=O) groups excluding carboxylic acids is 1. The van der Waals surface area contributed by atoms with E-state index in [1.54, 1.807) is 12.3 Å². The lowest BCUT2D eigenvalue weighted by molar-refractivity contribution is -0.137. The van der Waals surface area contributed by atoms with Crippen LogP contribution in [0.25, 0.3) is 16.9 Å². The number of nitrogens with one attached hydrogen (secondary N) is 1. The zero-order valence-corrected chi connectivity index (χ0v) is 15.1. The van der Waals surface area contributed by atoms with Crippen LogP contribution < -0.4 is 5.32 Å². The second-order valence-electron chi connectivity index (χ2n) is 6.38. The van der Waals surface area contributed by atoms with Crippen molar-refractivity contribution in [1.29, 1.82) is 0 Å². The highest BCUT2D eigenvalue weighted by atomic mass is 19.4. The topological polar surface area (TPSA) is 72.2 Å². The molecule has 0 saturated carbocycles. The standard InChI is InChI=1S/C20H14F3N5O/c1-12-8-13(10-24-9-12)26-19(29)17-11-25-18-7-6-16(27-28(17)18)14-4-2-3-5-15(14)20(21,22)23/h2-11H,1H3,(H,26,29). The highest BCUT2D eigenvalue weighted by Crippen LogP contribution is 2.36. The van der Waals surface area contributed by atoms with Gasteiger partial charge in [0.05, 0.1) is 29.3 Å². The van der Waals surface area contributed by atoms with Gasteiger partial charge in [-0.05, 0) is 36.8 Å². The van der Waals surface area contributed by atoms with Crippen LogP contribution in [0.4, 0.5) is 18.9 Å². The third kappa shape index (κ3) is 3.66. The van der Waals surface area contributed by atoms with Crippen LogP contribution in [0, 0.1) is 6.92 Å². The number of imidazole rings is 1. The molecule has 0 atom stereocenters. The maximum Gasteiger partial charge on any atom is 0.417 e. The van der Waals surface area contributed by atoms with Crippen LogP contribution in [0.2, 0.25) is 0 Å². The van der Waals surface area contributed by atoms with Crippen LogP contribution in [0.15, 0.2) is 61.1 Å². The largest absolute Gasteiger partial charge is 0.417 e. The van der Waals surface area contributed by atoms with Crippen molar-refractivity contribution in [2.45, 2.75) is 13.1 Å². The summed E-state index contributed by atoms with van der Waals surface area (Å²) in [7, 11) is 0. The number of benzene rings is 1. The molecule has 9 heteroatoms. The Bertz CT molecular complexity index is 1220. The van der Waals surface area contributed by atoms with E-state index in [2.05, 4.69) is 20.4 Å². The average Bonchev–Trinajstić information content (AvgIpc) is 3.10. The number of amides is 1. The number of anilines is 1. The first-order chi connectivity index (χ1) is 13.8. The van der Waals surface area contributed by atoms with Gasteiger partial charge in [-0.2, -0.15) is 18.3 Å². The van der Waals surface area contributed by atoms with E-state index in [0.29, 0.717) is 11.3 Å². The van der Waals surface area contributed by atoms with Crippen molar-refractivity contribution < 1.29 is 18.0 Å². The molecule has 1 amide bonds. The SMILES string of the molecule is Cc1cncc(NC(=O)c2cnc3ccc(-c4ccccc4C(F)(F)F)nn23)c1. The number of halogens is 3. The molecule has 6 nitrogen and oxygen atoms in total. The van der Waals surface area contributed by atoms with Gasteiger partial charge in [0.15, 0.2) is 11.3 Å². The van der Waals surface area contributed by atoms with Crippen LogP contribution in [0.1, 0.15) is 21.6 Å². The predicted molar refractivity (Wildman–Crippen MR) is 100 cm³/mol. The number of fused-ring (bicyclic) bond motifs is 1. The lowest BCUT2D eigenvalue weighted by Gasteiger charge is -2.12. The van der Waals surface area contributed by atoms with Gasteiger partial charge in [-0.15, -0.1) is 0 Å². The fraction of sp³-hybridized carbons (Fsp3) is 0.100. The molecule has 0 saturated heterocycles. The zero-order chi connectivity index (χ0) is 20.6. The first kappa shape index (κ1) is 18.6. The Morgan fingerprint density at radius 1 is 1.07 bits per heavy atom. The molecule has 29 heavy (non-hydrogen) atoms. The first-order valence-corrected chi connectivity index (χ1v) is 8.57. The Hall–Kier alpha value is -3.75. The third-order valence-electron chi connectivity index (χ3n) is 4.24. The van der Waals surface area contributed by atoms with Gasteiger partial charge in [0.2, 0.25) is 0 Å². The molecule has 0 radical (unpaired) electrons. The highest BCUT2D eigenvalue weighted by Gasteiger charge is 2.33. The monoisotopic (exact) mass is 397 g/mol. The van der Waals surface area contributed by atoms with E-state index < -0.39 is 17.6 Å². The summed E-state index contributed by atoms with van der Waals surface area (Å²) in [5.74, 6) is -0.501. The molecular formula is C20H14F3N5O. The summed E-state index contributed by atoms with van der Waals surface area (Å²) in [6.07, 6.45) is -0.0662. The predicted octanol–water partition coefficient (Wildman–Crippen LogP) is 4.37. The summed E-state index contributed by atoms with van der Waals surface area (Å²) in [4.78, 5) is 20.8. The quantitative estimate of drug-likeness (QED) is 0.557. The summed E-state index contributed by atoms with van der Waals surface area (Å²) < 4.78 is 41.3. The van der Waals surface area contributed by atoms with Crippen molar-refractivity contribution in [3.63, 3.8) is 0 Å². The van der Waals surface area contributed by atoms with Gasteiger partial charge in [-0.3, -0.25) is 9.78 Å². The molecule has 0 fully saturated rings. The van der Waals surface area contributed by atoms with E-state index >= 15 is 0 Å². The van der Waals surface area contributed by atoms with Crippen molar-refractivity contribution in [1.82, 2.24) is 19.6 Å². The van der Waals surface area contributed by atoms with E-state index in [4.69, 9.17) is 0 Å². The minimum atomic E-state index is -4.53. The van der Waals surface area contributed by atoms with Crippen molar-refractivity contribution in [3.8, 4) is 11.3 Å². The number of alkyl halides is 3. The normalized spacial score (nSPS) is 11.6. The summed E-state index contributed by atoms with van der Waals surface area (Å²) in [5, 5.41) is 6.93. The van der Waals surface area contributed by atoms with Crippen LogP contribution in [0.5, 0.6) is 0 Å². The van der Waals surface area contributed by atoms with Gasteiger partial charge in [-0.1, -0.05) is 18.2 Å². The molecule has 1 N–H and O–H groups in total. The van der Waals surface area contributed by atoms with E-state index in [-0.39, 0.29) is 17.0 Å². The third-order valence-corrected chi connectivity index (χ3v) is 4.24. The molecule has 146 valence electrons. The summed E-state index contributed by atoms with van der Waals surface area (Å²) in [6, 6.07) is 9.85. The highest BCUT2D eigenvalue weighted by molar-refractivity contribution is 6.03. The van der Waals surface area contributed by atoms with E-state index in [1.165, 1.54) is 47.2 Å². The van der Waals surface area contributed by atoms with Crippen molar-refractivity contribution in [2.75, 3.05) is 5.32 Å². The molecule has 0 unspecified atom stereocenters. The minimum absolute atomic E-state index is 0.0784. The Kier molecular flexibility index (Phi) is 4.50. The van der Waals surface area contributed by atoms with Crippen molar-refractivity contribution in [3.05, 3.63) is 77.9 Å². The van der Waals surface area contributed by atoms with E-state index in [1.807, 2.05) is 6.92 Å². The van der Waals surface area contributed by atoms with E-state index in [9.17, 15) is 18.0 Å². The number of nitrogens with zero attached hydrogens (tertiary/aromatic N) is 4. The molecule has 3 heterocycles. The molecule has 4 aromatic rings. The summed E-state index contributed by atoms with van der Waals surface area (Å²) in [5.41, 5.74) is 0.982. The molecule has 0 aliphatic carbocycles. The molecule has 1 aromatic carbocycles. The van der Waals surface area contributed by atoms with Crippen LogP contribution in [-0.4, -0.2) is 25.5 Å². The van der Waals surface area contributed by atoms with Gasteiger partial charge in [0.1, 0.15) is 0 Å². The summed E-state index contributed by atoms with van der Waals surface area (Å²) >= 11 is 0. The van der Waals surface area contributed by atoms with Crippen molar-refractivity contribution in [2.24, 2.45) is 0 Å². The Labute approximate surface area is 163 Å². The van der Waals surface area contributed by atoms with Gasteiger partial charge in [0.25, 0.3) is 5.91 Å². The second-order valence-corrected chi connectivity index (χ2v) is 6.38. The zero-order valence-electron chi connectivity index (χ0n) is 15.1. The van der Waals surface area contributed by atoms with Gasteiger partial charge < -0.3 is 5.32 Å². The number of aryl methyl sites for hydroxylation is 1. The minimum Gasteiger partial charge on any atom is -0.319 e. The molecule has 0 aliphatic rings. The molecule has 0 aliphatic heterocycles. The number of pyridine rings is 1. The Morgan fingerprint density at radius 3 is 2.62 bits per heavy atom. The second kappa shape index (κ2) is 7.01. The van der Waals surface area contributed by atoms with Crippen LogP contribution >= 0.6 is 0 Å². The number of aromatic nitrogens is 4. The van der Waals surface area contributed by atoms with Crippen LogP contribution in [-0.2, 0) is 6.18 Å². The van der Waals surface area contributed by atoms with Gasteiger partial charge in [0, 0.05) is 11.8 Å². The number of hydrogen-bond acceptors (Lipinski definition) is 4. The van der Waals surface area contributed by atoms with E-state index in [0.717, 1.165) is 11.6 Å². The first-order valence-electron chi connectivity index (χ1n) is 8.57. The number of hydrogen-bond donors (Lipinski definition) is 1. The number of rotatable bonds is 3. The molecule has 4 rings (SSSR count). The lowest BCUT2D eigenvalue weighted by atomic mass is 10.0. The maximum atomic E-state index is 13.4. The molecule has 0 bridgehead atoms. The van der Waals surface area contributed by atoms with Crippen LogP contribution in [0.3, 0.4) is 0 Å². The molecular weight excluding hydrogens is 383 g/mol. The number of carbonyl (C=O) groups is 1. The lowest BCUT2D eigenvalue weighted by Crippen LogP contribution is -2.16. The Morgan fingerprint density at radius 2 is 1.86 bits per heavy atom. The fourth-order valence-corrected chi connectivity index (χ4v) is 2.94. The molecule has 0 spiro atoms. The average molecular weight is 397 g/mol. The smallest absolute Gasteiger partial charge is 0.319 e. The summed E-state index contributed by atoms with van der Waals surface area (Å²) in [6.45, 7) is 1.84. The van der Waals surface area contributed by atoms with Crippen molar-refractivity contribution >= 4 is 17.2 Å².